The van der Waals surface area contributed by atoms with Gasteiger partial charge in [0, 0.05) is 23.7 Å². The van der Waals surface area contributed by atoms with Crippen LogP contribution < -0.4 is 10.4 Å². The molecule has 6 nitrogen and oxygen atoms in total. The van der Waals surface area contributed by atoms with Gasteiger partial charge in [-0.15, -0.1) is 0 Å². The van der Waals surface area contributed by atoms with Crippen molar-refractivity contribution in [3.8, 4) is 0 Å². The minimum Gasteiger partial charge on any atom is -0.289 e. The third-order valence-corrected chi connectivity index (χ3v) is 6.46. The van der Waals surface area contributed by atoms with Crippen molar-refractivity contribution in [3.05, 3.63) is 89.5 Å². The lowest BCUT2D eigenvalue weighted by Crippen LogP contribution is -2.39. The number of para-hydroxylation sites is 1. The Morgan fingerprint density at radius 2 is 1.50 bits per heavy atom. The van der Waals surface area contributed by atoms with Gasteiger partial charge in [-0.25, -0.2) is 8.42 Å². The van der Waals surface area contributed by atoms with Crippen molar-refractivity contribution in [3.63, 3.8) is 0 Å². The quantitative estimate of drug-likeness (QED) is 0.542. The summed E-state index contributed by atoms with van der Waals surface area (Å²) in [6.07, 6.45) is 0. The van der Waals surface area contributed by atoms with Gasteiger partial charge in [-0.3, -0.25) is 20.0 Å². The Morgan fingerprint density at radius 1 is 0.857 bits per heavy atom. The number of nitrogens with one attached hydrogen (secondary N) is 1. The number of nitrogens with zero attached hydrogens (tertiary/aromatic N) is 1. The first-order chi connectivity index (χ1) is 13.4. The summed E-state index contributed by atoms with van der Waals surface area (Å²) >= 11 is 0. The van der Waals surface area contributed by atoms with E-state index in [9.17, 15) is 18.0 Å². The van der Waals surface area contributed by atoms with E-state index in [1.165, 1.54) is 35.3 Å². The summed E-state index contributed by atoms with van der Waals surface area (Å²) in [6, 6.07) is 19.4. The number of amides is 1. The van der Waals surface area contributed by atoms with Crippen molar-refractivity contribution >= 4 is 27.2 Å². The normalized spacial score (nSPS) is 14.0. The van der Waals surface area contributed by atoms with E-state index in [0.29, 0.717) is 0 Å². The number of rotatable bonds is 3. The first kappa shape index (κ1) is 17.9. The van der Waals surface area contributed by atoms with Crippen LogP contribution in [0, 0.1) is 0 Å². The molecule has 1 N–H and O–H groups in total. The van der Waals surface area contributed by atoms with Crippen molar-refractivity contribution in [1.82, 2.24) is 5.43 Å². The van der Waals surface area contributed by atoms with Gasteiger partial charge < -0.3 is 0 Å². The number of sulfone groups is 1. The summed E-state index contributed by atoms with van der Waals surface area (Å²) in [4.78, 5) is 25.1. The molecular weight excluding hydrogens is 376 g/mol. The minimum absolute atomic E-state index is 0.0357. The number of fused-ring (bicyclic) bond motifs is 2. The summed E-state index contributed by atoms with van der Waals surface area (Å²) in [5, 5.41) is 1.54. The molecule has 0 saturated carbocycles. The maximum atomic E-state index is 13.0. The number of ketones is 1. The van der Waals surface area contributed by atoms with Gasteiger partial charge in [0.05, 0.1) is 15.5 Å². The zero-order valence-electron chi connectivity index (χ0n) is 14.9. The largest absolute Gasteiger partial charge is 0.289 e. The molecule has 4 rings (SSSR count). The Kier molecular flexibility index (Phi) is 4.24. The van der Waals surface area contributed by atoms with E-state index in [2.05, 4.69) is 5.43 Å². The van der Waals surface area contributed by atoms with Gasteiger partial charge in [-0.05, 0) is 42.5 Å². The molecule has 140 valence electrons. The molecular formula is C21H16N2O4S. The lowest BCUT2D eigenvalue weighted by atomic mass is 10.0. The molecule has 0 saturated heterocycles. The number of carbonyl (C=O) groups is 2. The maximum Gasteiger partial charge on any atom is 0.269 e. The minimum atomic E-state index is -3.89. The molecule has 0 radical (unpaired) electrons. The van der Waals surface area contributed by atoms with Crippen LogP contribution in [0.4, 0.5) is 5.69 Å². The topological polar surface area (TPSA) is 83.6 Å². The lowest BCUT2D eigenvalue weighted by molar-refractivity contribution is 0.0949. The molecule has 0 unspecified atom stereocenters. The Balaban J connectivity index is 1.70. The van der Waals surface area contributed by atoms with Crippen LogP contribution in [0.3, 0.4) is 0 Å². The number of anilines is 1. The Labute approximate surface area is 162 Å². The van der Waals surface area contributed by atoms with E-state index < -0.39 is 15.7 Å². The van der Waals surface area contributed by atoms with Crippen molar-refractivity contribution in [1.29, 1.82) is 0 Å². The first-order valence-corrected chi connectivity index (χ1v) is 10.0. The fourth-order valence-corrected chi connectivity index (χ4v) is 4.84. The molecule has 1 heterocycles. The number of hydrogen-bond donors (Lipinski definition) is 1. The molecule has 1 aliphatic rings. The average Bonchev–Trinajstić information content (AvgIpc) is 2.72. The average molecular weight is 392 g/mol. The second-order valence-corrected chi connectivity index (χ2v) is 8.26. The number of benzene rings is 3. The summed E-state index contributed by atoms with van der Waals surface area (Å²) in [7, 11) is -2.20. The zero-order chi connectivity index (χ0) is 19.9. The molecule has 0 aliphatic carbocycles. The first-order valence-electron chi connectivity index (χ1n) is 8.52. The standard InChI is InChI=1S/C21H16N2O4S/c1-23(15-7-3-2-4-8-15)22-21(25)14-11-12-17-19(13-14)28(26,27)18-10-6-5-9-16(18)20(17)24/h2-13H,1H3,(H,22,25). The van der Waals surface area contributed by atoms with Crippen LogP contribution in [0.25, 0.3) is 0 Å². The monoisotopic (exact) mass is 392 g/mol. The Hall–Kier alpha value is -3.45. The fraction of sp³-hybridized carbons (Fsp3) is 0.0476. The highest BCUT2D eigenvalue weighted by atomic mass is 32.2. The van der Waals surface area contributed by atoms with E-state index in [1.54, 1.807) is 19.2 Å². The highest BCUT2D eigenvalue weighted by molar-refractivity contribution is 7.91. The molecule has 1 amide bonds. The smallest absolute Gasteiger partial charge is 0.269 e. The molecule has 0 aromatic heterocycles. The highest BCUT2D eigenvalue weighted by Crippen LogP contribution is 2.34. The van der Waals surface area contributed by atoms with Crippen molar-refractivity contribution in [2.45, 2.75) is 9.79 Å². The van der Waals surface area contributed by atoms with Crippen molar-refractivity contribution in [2.75, 3.05) is 12.1 Å². The van der Waals surface area contributed by atoms with Gasteiger partial charge in [0.2, 0.25) is 9.84 Å². The fourth-order valence-electron chi connectivity index (χ4n) is 3.16. The summed E-state index contributed by atoms with van der Waals surface area (Å²) in [6.45, 7) is 0. The second kappa shape index (κ2) is 6.61. The van der Waals surface area contributed by atoms with Crippen LogP contribution in [0.2, 0.25) is 0 Å². The molecule has 7 heteroatoms. The predicted molar refractivity (Wildman–Crippen MR) is 104 cm³/mol. The summed E-state index contributed by atoms with van der Waals surface area (Å²) < 4.78 is 25.9. The molecule has 28 heavy (non-hydrogen) atoms. The summed E-state index contributed by atoms with van der Waals surface area (Å²) in [5.41, 5.74) is 3.84. The third kappa shape index (κ3) is 2.86. The molecule has 1 aliphatic heterocycles. The summed E-state index contributed by atoms with van der Waals surface area (Å²) in [5.74, 6) is -0.843. The van der Waals surface area contributed by atoms with Crippen molar-refractivity contribution < 1.29 is 18.0 Å². The lowest BCUT2D eigenvalue weighted by Gasteiger charge is -2.22. The number of carbonyl (C=O) groups excluding carboxylic acids is 2. The van der Waals surface area contributed by atoms with E-state index >= 15 is 0 Å². The van der Waals surface area contributed by atoms with Crippen LogP contribution in [0.1, 0.15) is 26.3 Å². The molecule has 3 aromatic carbocycles. The number of hydrazine groups is 1. The molecule has 0 fully saturated rings. The van der Waals surface area contributed by atoms with Gasteiger partial charge in [0.1, 0.15) is 0 Å². The van der Waals surface area contributed by atoms with E-state index in [4.69, 9.17) is 0 Å². The molecule has 0 bridgehead atoms. The van der Waals surface area contributed by atoms with Gasteiger partial charge in [0.15, 0.2) is 5.78 Å². The van der Waals surface area contributed by atoms with Gasteiger partial charge in [-0.1, -0.05) is 30.3 Å². The van der Waals surface area contributed by atoms with Crippen LogP contribution in [-0.2, 0) is 9.84 Å². The van der Waals surface area contributed by atoms with E-state index in [0.717, 1.165) is 5.69 Å². The van der Waals surface area contributed by atoms with Crippen LogP contribution in [0.15, 0.2) is 82.6 Å². The third-order valence-electron chi connectivity index (χ3n) is 4.61. The van der Waals surface area contributed by atoms with Crippen LogP contribution in [-0.4, -0.2) is 27.2 Å². The molecule has 0 spiro atoms. The number of hydrogen-bond acceptors (Lipinski definition) is 5. The van der Waals surface area contributed by atoms with E-state index in [-0.39, 0.29) is 32.3 Å². The van der Waals surface area contributed by atoms with Crippen LogP contribution >= 0.6 is 0 Å². The van der Waals surface area contributed by atoms with Crippen LogP contribution in [0.5, 0.6) is 0 Å². The van der Waals surface area contributed by atoms with E-state index in [1.807, 2.05) is 30.3 Å². The van der Waals surface area contributed by atoms with Gasteiger partial charge in [0.25, 0.3) is 5.91 Å². The van der Waals surface area contributed by atoms with Gasteiger partial charge in [-0.2, -0.15) is 0 Å². The maximum absolute atomic E-state index is 13.0. The molecule has 3 aromatic rings. The Morgan fingerprint density at radius 3 is 2.25 bits per heavy atom. The second-order valence-electron chi connectivity index (χ2n) is 6.38. The Bertz CT molecular complexity index is 1200. The van der Waals surface area contributed by atoms with Gasteiger partial charge >= 0.3 is 0 Å². The van der Waals surface area contributed by atoms with Crippen molar-refractivity contribution in [2.24, 2.45) is 0 Å². The highest BCUT2D eigenvalue weighted by Gasteiger charge is 2.35. The SMILES string of the molecule is CN(NC(=O)c1ccc2c(c1)S(=O)(=O)c1ccccc1C2=O)c1ccccc1. The predicted octanol–water partition coefficient (Wildman–Crippen LogP) is 2.85. The zero-order valence-corrected chi connectivity index (χ0v) is 15.7. The molecule has 0 atom stereocenters.